The number of benzene rings is 1. The molecular formula is C22H27NO5S. The molecule has 7 heteroatoms. The standard InChI is InChI=1S/C22H27NO5S/c1-2-3-4-19(24)15-5-7-16(8-6-15)23-17(9-12-21(23)25)13-28-14-18-10-11-20(29-18)22(26)27/h5-8,10-11,17,19,24H,2-4,9,12-14H2,1H3,(H,26,27)/t17-,19?/m1/s1. The van der Waals surface area contributed by atoms with Crippen molar-refractivity contribution in [3.05, 3.63) is 51.7 Å². The fourth-order valence-electron chi connectivity index (χ4n) is 3.54. The second-order valence-electron chi connectivity index (χ2n) is 7.29. The first-order chi connectivity index (χ1) is 14.0. The van der Waals surface area contributed by atoms with Crippen LogP contribution < -0.4 is 4.90 Å². The normalized spacial score (nSPS) is 17.7. The van der Waals surface area contributed by atoms with E-state index in [9.17, 15) is 14.7 Å². The topological polar surface area (TPSA) is 87.1 Å². The Morgan fingerprint density at radius 3 is 2.69 bits per heavy atom. The van der Waals surface area contributed by atoms with Gasteiger partial charge in [-0.2, -0.15) is 0 Å². The van der Waals surface area contributed by atoms with E-state index in [0.717, 1.165) is 41.8 Å². The van der Waals surface area contributed by atoms with Crippen LogP contribution in [-0.2, 0) is 16.1 Å². The molecule has 1 aromatic heterocycles. The van der Waals surface area contributed by atoms with Crippen LogP contribution in [0.5, 0.6) is 0 Å². The van der Waals surface area contributed by atoms with E-state index >= 15 is 0 Å². The van der Waals surface area contributed by atoms with E-state index in [1.165, 1.54) is 11.3 Å². The number of rotatable bonds is 10. The lowest BCUT2D eigenvalue weighted by atomic mass is 10.0. The molecule has 2 aromatic rings. The van der Waals surface area contributed by atoms with Gasteiger partial charge in [-0.3, -0.25) is 4.79 Å². The number of aliphatic hydroxyl groups is 1. The summed E-state index contributed by atoms with van der Waals surface area (Å²) >= 11 is 1.20. The molecule has 1 saturated heterocycles. The van der Waals surface area contributed by atoms with Crippen LogP contribution in [0.15, 0.2) is 36.4 Å². The van der Waals surface area contributed by atoms with Gasteiger partial charge in [-0.1, -0.05) is 31.9 Å². The van der Waals surface area contributed by atoms with Crippen LogP contribution >= 0.6 is 11.3 Å². The monoisotopic (exact) mass is 417 g/mol. The van der Waals surface area contributed by atoms with Crippen LogP contribution in [-0.4, -0.2) is 34.7 Å². The van der Waals surface area contributed by atoms with Crippen molar-refractivity contribution in [2.45, 2.75) is 57.8 Å². The number of unbranched alkanes of at least 4 members (excludes halogenated alkanes) is 1. The molecule has 2 N–H and O–H groups in total. The van der Waals surface area contributed by atoms with Crippen LogP contribution in [0, 0.1) is 0 Å². The second-order valence-corrected chi connectivity index (χ2v) is 8.46. The molecule has 3 rings (SSSR count). The zero-order valence-electron chi connectivity index (χ0n) is 16.5. The molecule has 29 heavy (non-hydrogen) atoms. The third-order valence-corrected chi connectivity index (χ3v) is 6.19. The van der Waals surface area contributed by atoms with Crippen LogP contribution in [0.3, 0.4) is 0 Å². The van der Waals surface area contributed by atoms with Crippen molar-refractivity contribution in [3.8, 4) is 0 Å². The summed E-state index contributed by atoms with van der Waals surface area (Å²) in [5.41, 5.74) is 1.69. The van der Waals surface area contributed by atoms with Gasteiger partial charge < -0.3 is 19.8 Å². The number of carboxylic acids is 1. The van der Waals surface area contributed by atoms with Gasteiger partial charge in [0.05, 0.1) is 25.4 Å². The van der Waals surface area contributed by atoms with Crippen LogP contribution in [0.4, 0.5) is 5.69 Å². The maximum atomic E-state index is 12.4. The fourth-order valence-corrected chi connectivity index (χ4v) is 4.33. The maximum Gasteiger partial charge on any atom is 0.345 e. The minimum Gasteiger partial charge on any atom is -0.477 e. The number of aromatic carboxylic acids is 1. The molecule has 6 nitrogen and oxygen atoms in total. The van der Waals surface area contributed by atoms with E-state index in [1.807, 2.05) is 24.3 Å². The average Bonchev–Trinajstić information content (AvgIpc) is 3.33. The van der Waals surface area contributed by atoms with Crippen LogP contribution in [0.25, 0.3) is 0 Å². The van der Waals surface area contributed by atoms with Crippen molar-refractivity contribution in [2.75, 3.05) is 11.5 Å². The maximum absolute atomic E-state index is 12.4. The minimum atomic E-state index is -0.933. The number of hydrogen-bond acceptors (Lipinski definition) is 5. The van der Waals surface area contributed by atoms with E-state index in [-0.39, 0.29) is 11.9 Å². The summed E-state index contributed by atoms with van der Waals surface area (Å²) in [4.78, 5) is 26.3. The number of amides is 1. The van der Waals surface area contributed by atoms with Crippen molar-refractivity contribution < 1.29 is 24.5 Å². The first-order valence-electron chi connectivity index (χ1n) is 9.99. The van der Waals surface area contributed by atoms with E-state index < -0.39 is 12.1 Å². The number of nitrogens with zero attached hydrogens (tertiary/aromatic N) is 1. The third-order valence-electron chi connectivity index (χ3n) is 5.14. The van der Waals surface area contributed by atoms with Gasteiger partial charge in [0.1, 0.15) is 4.88 Å². The van der Waals surface area contributed by atoms with Gasteiger partial charge >= 0.3 is 5.97 Å². The van der Waals surface area contributed by atoms with Gasteiger partial charge in [-0.25, -0.2) is 4.79 Å². The number of hydrogen-bond donors (Lipinski definition) is 2. The third kappa shape index (κ3) is 5.44. The van der Waals surface area contributed by atoms with E-state index in [1.54, 1.807) is 17.0 Å². The summed E-state index contributed by atoms with van der Waals surface area (Å²) < 4.78 is 5.79. The largest absolute Gasteiger partial charge is 0.477 e. The molecule has 0 radical (unpaired) electrons. The van der Waals surface area contributed by atoms with Gasteiger partial charge in [0, 0.05) is 17.0 Å². The van der Waals surface area contributed by atoms with Gasteiger partial charge in [-0.15, -0.1) is 11.3 Å². The Kier molecular flexibility index (Phi) is 7.41. The Bertz CT molecular complexity index is 832. The number of anilines is 1. The number of carboxylic acid groups (broad SMARTS) is 1. The Labute approximate surface area is 174 Å². The van der Waals surface area contributed by atoms with Crippen LogP contribution in [0.2, 0.25) is 0 Å². The van der Waals surface area contributed by atoms with Crippen LogP contribution in [0.1, 0.15) is 65.2 Å². The zero-order chi connectivity index (χ0) is 20.8. The fraction of sp³-hybridized carbons (Fsp3) is 0.455. The van der Waals surface area contributed by atoms with E-state index in [0.29, 0.717) is 24.5 Å². The highest BCUT2D eigenvalue weighted by atomic mass is 32.1. The summed E-state index contributed by atoms with van der Waals surface area (Å²) in [6, 6.07) is 10.8. The molecule has 2 atom stereocenters. The Hall–Kier alpha value is -2.22. The molecule has 1 aliphatic rings. The van der Waals surface area contributed by atoms with Gasteiger partial charge in [-0.05, 0) is 42.7 Å². The molecular weight excluding hydrogens is 390 g/mol. The first-order valence-corrected chi connectivity index (χ1v) is 10.8. The quantitative estimate of drug-likeness (QED) is 0.599. The van der Waals surface area contributed by atoms with Crippen molar-refractivity contribution in [3.63, 3.8) is 0 Å². The predicted molar refractivity (Wildman–Crippen MR) is 112 cm³/mol. The number of thiophene rings is 1. The summed E-state index contributed by atoms with van der Waals surface area (Å²) in [5, 5.41) is 19.2. The molecule has 0 saturated carbocycles. The molecule has 1 unspecified atom stereocenters. The molecule has 0 aliphatic carbocycles. The highest BCUT2D eigenvalue weighted by Gasteiger charge is 2.32. The van der Waals surface area contributed by atoms with Crippen molar-refractivity contribution in [2.24, 2.45) is 0 Å². The zero-order valence-corrected chi connectivity index (χ0v) is 17.4. The second kappa shape index (κ2) is 10.0. The number of carbonyl (C=O) groups is 2. The van der Waals surface area contributed by atoms with Gasteiger partial charge in [0.2, 0.25) is 5.91 Å². The first kappa shape index (κ1) is 21.5. The molecule has 1 amide bonds. The Morgan fingerprint density at radius 1 is 1.28 bits per heavy atom. The SMILES string of the molecule is CCCCC(O)c1ccc(N2C(=O)CC[C@@H]2COCc2ccc(C(=O)O)s2)cc1. The molecule has 0 bridgehead atoms. The van der Waals surface area contributed by atoms with E-state index in [2.05, 4.69) is 6.92 Å². The van der Waals surface area contributed by atoms with Crippen molar-refractivity contribution in [1.29, 1.82) is 0 Å². The summed E-state index contributed by atoms with van der Waals surface area (Å²) in [6.45, 7) is 2.83. The molecule has 1 aromatic carbocycles. The number of carbonyl (C=O) groups excluding carboxylic acids is 1. The van der Waals surface area contributed by atoms with Crippen molar-refractivity contribution in [1.82, 2.24) is 0 Å². The Balaban J connectivity index is 1.58. The van der Waals surface area contributed by atoms with Crippen molar-refractivity contribution >= 4 is 28.9 Å². The predicted octanol–water partition coefficient (Wildman–Crippen LogP) is 4.38. The molecule has 1 aliphatic heterocycles. The lowest BCUT2D eigenvalue weighted by molar-refractivity contribution is -0.117. The number of aliphatic hydroxyl groups excluding tert-OH is 1. The Morgan fingerprint density at radius 2 is 2.03 bits per heavy atom. The van der Waals surface area contributed by atoms with Gasteiger partial charge in [0.25, 0.3) is 0 Å². The lowest BCUT2D eigenvalue weighted by Gasteiger charge is -2.25. The molecule has 156 valence electrons. The summed E-state index contributed by atoms with van der Waals surface area (Å²) in [5.74, 6) is -0.862. The number of ether oxygens (including phenoxy) is 1. The molecule has 0 spiro atoms. The highest BCUT2D eigenvalue weighted by Crippen LogP contribution is 2.29. The lowest BCUT2D eigenvalue weighted by Crippen LogP contribution is -2.36. The van der Waals surface area contributed by atoms with Gasteiger partial charge in [0.15, 0.2) is 0 Å². The molecule has 2 heterocycles. The summed E-state index contributed by atoms with van der Waals surface area (Å²) in [7, 11) is 0. The molecule has 1 fully saturated rings. The summed E-state index contributed by atoms with van der Waals surface area (Å²) in [6.07, 6.45) is 3.50. The highest BCUT2D eigenvalue weighted by molar-refractivity contribution is 7.13. The minimum absolute atomic E-state index is 0.0442. The van der Waals surface area contributed by atoms with E-state index in [4.69, 9.17) is 9.84 Å². The smallest absolute Gasteiger partial charge is 0.345 e. The average molecular weight is 418 g/mol.